The number of nitrogens with zero attached hydrogens (tertiary/aromatic N) is 1. The monoisotopic (exact) mass is 489 g/mol. The summed E-state index contributed by atoms with van der Waals surface area (Å²) in [7, 11) is -3.71. The average molecular weight is 490 g/mol. The molecule has 2 aromatic carbocycles. The Bertz CT molecular complexity index is 1010. The van der Waals surface area contributed by atoms with Gasteiger partial charge in [-0.15, -0.1) is 0 Å². The fraction of sp³-hybridized carbons (Fsp3) is 0.480. The summed E-state index contributed by atoms with van der Waals surface area (Å²) in [4.78, 5) is 12.7. The van der Waals surface area contributed by atoms with Gasteiger partial charge in [0.2, 0.25) is 10.0 Å². The van der Waals surface area contributed by atoms with Crippen molar-refractivity contribution in [2.45, 2.75) is 50.2 Å². The third-order valence-corrected chi connectivity index (χ3v) is 7.50. The number of nitrogens with two attached hydrogens (primary N) is 1. The van der Waals surface area contributed by atoms with Crippen LogP contribution in [0.4, 0.5) is 10.5 Å². The lowest BCUT2D eigenvalue weighted by atomic mass is 10.0. The molecule has 0 spiro atoms. The van der Waals surface area contributed by atoms with Gasteiger partial charge in [0.1, 0.15) is 6.10 Å². The number of nitrogen functional groups attached to an aromatic ring is 1. The number of hydrogen-bond donors (Lipinski definition) is 2. The van der Waals surface area contributed by atoms with Crippen molar-refractivity contribution in [1.82, 2.24) is 9.62 Å². The van der Waals surface area contributed by atoms with Crippen LogP contribution in [0.1, 0.15) is 32.3 Å². The van der Waals surface area contributed by atoms with E-state index in [0.29, 0.717) is 44.7 Å². The van der Waals surface area contributed by atoms with Gasteiger partial charge < -0.3 is 20.5 Å². The Morgan fingerprint density at radius 3 is 2.50 bits per heavy atom. The maximum Gasteiger partial charge on any atom is 0.407 e. The maximum atomic E-state index is 13.4. The first-order chi connectivity index (χ1) is 16.2. The van der Waals surface area contributed by atoms with Gasteiger partial charge in [-0.05, 0) is 48.6 Å². The Balaban J connectivity index is 1.73. The molecule has 0 aromatic heterocycles. The minimum Gasteiger partial charge on any atom is -0.444 e. The van der Waals surface area contributed by atoms with Crippen molar-refractivity contribution in [3.63, 3.8) is 0 Å². The number of benzene rings is 2. The van der Waals surface area contributed by atoms with Crippen LogP contribution in [0.15, 0.2) is 59.5 Å². The molecular formula is C25H35N3O5S. The summed E-state index contributed by atoms with van der Waals surface area (Å²) in [6.45, 7) is 5.57. The first-order valence-electron chi connectivity index (χ1n) is 11.7. The summed E-state index contributed by atoms with van der Waals surface area (Å²) in [5.74, 6) is 0.136. The molecule has 186 valence electrons. The van der Waals surface area contributed by atoms with Crippen LogP contribution >= 0.6 is 0 Å². The number of alkyl carbamates (subject to hydrolysis) is 1. The third-order valence-electron chi connectivity index (χ3n) is 5.62. The highest BCUT2D eigenvalue weighted by molar-refractivity contribution is 7.89. The largest absolute Gasteiger partial charge is 0.444 e. The number of nitrogens with one attached hydrogen (secondary N) is 1. The molecule has 3 N–H and O–H groups in total. The number of hydrogen-bond acceptors (Lipinski definition) is 6. The molecule has 1 saturated heterocycles. The Hall–Kier alpha value is -2.62. The normalized spacial score (nSPS) is 17.1. The second-order valence-corrected chi connectivity index (χ2v) is 11.0. The van der Waals surface area contributed by atoms with Crippen molar-refractivity contribution < 1.29 is 22.7 Å². The SMILES string of the molecule is CC(C)CN(CCC(Cc1ccccc1)NC(=O)OC1CCOC1)S(=O)(=O)c1ccc(N)cc1. The van der Waals surface area contributed by atoms with Gasteiger partial charge in [0, 0.05) is 31.2 Å². The van der Waals surface area contributed by atoms with Gasteiger partial charge in [-0.2, -0.15) is 4.31 Å². The van der Waals surface area contributed by atoms with Crippen LogP contribution in [-0.2, 0) is 25.9 Å². The Morgan fingerprint density at radius 1 is 1.18 bits per heavy atom. The van der Waals surface area contributed by atoms with Crippen LogP contribution < -0.4 is 11.1 Å². The molecule has 2 aromatic rings. The van der Waals surface area contributed by atoms with E-state index in [2.05, 4.69) is 5.32 Å². The molecule has 1 aliphatic rings. The molecular weight excluding hydrogens is 454 g/mol. The van der Waals surface area contributed by atoms with Gasteiger partial charge in [-0.25, -0.2) is 13.2 Å². The van der Waals surface area contributed by atoms with Gasteiger partial charge in [0.05, 0.1) is 18.1 Å². The van der Waals surface area contributed by atoms with Gasteiger partial charge in [0.15, 0.2) is 0 Å². The second kappa shape index (κ2) is 12.2. The molecule has 2 atom stereocenters. The average Bonchev–Trinajstić information content (AvgIpc) is 3.30. The zero-order valence-electron chi connectivity index (χ0n) is 19.9. The van der Waals surface area contributed by atoms with Crippen LogP contribution in [0.3, 0.4) is 0 Å². The molecule has 1 heterocycles. The van der Waals surface area contributed by atoms with Crippen LogP contribution in [0.25, 0.3) is 0 Å². The van der Waals surface area contributed by atoms with Crippen LogP contribution in [0.2, 0.25) is 0 Å². The van der Waals surface area contributed by atoms with Crippen molar-refractivity contribution in [3.8, 4) is 0 Å². The summed E-state index contributed by atoms with van der Waals surface area (Å²) in [6.07, 6.45) is 0.924. The lowest BCUT2D eigenvalue weighted by molar-refractivity contribution is 0.0803. The van der Waals surface area contributed by atoms with Crippen molar-refractivity contribution in [3.05, 3.63) is 60.2 Å². The minimum absolute atomic E-state index is 0.136. The van der Waals surface area contributed by atoms with Crippen LogP contribution in [0.5, 0.6) is 0 Å². The topological polar surface area (TPSA) is 111 Å². The predicted octanol–water partition coefficient (Wildman–Crippen LogP) is 3.43. The summed E-state index contributed by atoms with van der Waals surface area (Å²) in [5, 5.41) is 2.95. The van der Waals surface area contributed by atoms with E-state index in [1.54, 1.807) is 12.1 Å². The summed E-state index contributed by atoms with van der Waals surface area (Å²) < 4.78 is 39.0. The van der Waals surface area contributed by atoms with Crippen molar-refractivity contribution in [2.75, 3.05) is 32.0 Å². The summed E-state index contributed by atoms with van der Waals surface area (Å²) >= 11 is 0. The van der Waals surface area contributed by atoms with E-state index < -0.39 is 16.1 Å². The van der Waals surface area contributed by atoms with E-state index in [4.69, 9.17) is 15.2 Å². The van der Waals surface area contributed by atoms with Crippen LogP contribution in [-0.4, -0.2) is 57.3 Å². The van der Waals surface area contributed by atoms with Gasteiger partial charge in [-0.1, -0.05) is 44.2 Å². The molecule has 1 fully saturated rings. The number of anilines is 1. The van der Waals surface area contributed by atoms with Crippen LogP contribution in [0, 0.1) is 5.92 Å². The number of ether oxygens (including phenoxy) is 2. The number of sulfonamides is 1. The highest BCUT2D eigenvalue weighted by Gasteiger charge is 2.27. The number of carbonyl (C=O) groups is 1. The molecule has 34 heavy (non-hydrogen) atoms. The molecule has 2 unspecified atom stereocenters. The van der Waals surface area contributed by atoms with E-state index >= 15 is 0 Å². The lowest BCUT2D eigenvalue weighted by Gasteiger charge is -2.27. The molecule has 0 radical (unpaired) electrons. The number of amides is 1. The van der Waals surface area contributed by atoms with Crippen molar-refractivity contribution in [2.24, 2.45) is 5.92 Å². The Morgan fingerprint density at radius 2 is 1.88 bits per heavy atom. The highest BCUT2D eigenvalue weighted by Crippen LogP contribution is 2.20. The molecule has 0 saturated carbocycles. The van der Waals surface area contributed by atoms with Crippen molar-refractivity contribution >= 4 is 21.8 Å². The van der Waals surface area contributed by atoms with E-state index in [-0.39, 0.29) is 29.5 Å². The Kier molecular flexibility index (Phi) is 9.32. The lowest BCUT2D eigenvalue weighted by Crippen LogP contribution is -2.42. The fourth-order valence-corrected chi connectivity index (χ4v) is 5.51. The molecule has 0 bridgehead atoms. The summed E-state index contributed by atoms with van der Waals surface area (Å²) in [6, 6.07) is 15.7. The first-order valence-corrected chi connectivity index (χ1v) is 13.1. The number of carbonyl (C=O) groups excluding carboxylic acids is 1. The predicted molar refractivity (Wildman–Crippen MR) is 132 cm³/mol. The fourth-order valence-electron chi connectivity index (χ4n) is 3.89. The molecule has 3 rings (SSSR count). The standard InChI is InChI=1S/C25H35N3O5S/c1-19(2)17-28(34(30,31)24-10-8-21(26)9-11-24)14-12-22(16-20-6-4-3-5-7-20)27-25(29)33-23-13-15-32-18-23/h3-11,19,22-23H,12-18,26H2,1-2H3,(H,27,29). The maximum absolute atomic E-state index is 13.4. The minimum atomic E-state index is -3.71. The number of rotatable bonds is 11. The molecule has 1 amide bonds. The zero-order valence-corrected chi connectivity index (χ0v) is 20.7. The van der Waals surface area contributed by atoms with E-state index in [0.717, 1.165) is 5.56 Å². The highest BCUT2D eigenvalue weighted by atomic mass is 32.2. The molecule has 9 heteroatoms. The molecule has 8 nitrogen and oxygen atoms in total. The third kappa shape index (κ3) is 7.72. The summed E-state index contributed by atoms with van der Waals surface area (Å²) in [5.41, 5.74) is 7.29. The van der Waals surface area contributed by atoms with E-state index in [1.807, 2.05) is 44.2 Å². The quantitative estimate of drug-likeness (QED) is 0.468. The van der Waals surface area contributed by atoms with Gasteiger partial charge in [-0.3, -0.25) is 0 Å². The Labute approximate surface area is 202 Å². The van der Waals surface area contributed by atoms with Crippen molar-refractivity contribution in [1.29, 1.82) is 0 Å². The molecule has 1 aliphatic heterocycles. The molecule has 0 aliphatic carbocycles. The zero-order chi connectivity index (χ0) is 24.6. The van der Waals surface area contributed by atoms with E-state index in [9.17, 15) is 13.2 Å². The van der Waals surface area contributed by atoms with Gasteiger partial charge in [0.25, 0.3) is 0 Å². The first kappa shape index (κ1) is 26.0. The second-order valence-electron chi connectivity index (χ2n) is 9.04. The smallest absolute Gasteiger partial charge is 0.407 e. The van der Waals surface area contributed by atoms with E-state index in [1.165, 1.54) is 16.4 Å². The van der Waals surface area contributed by atoms with Gasteiger partial charge >= 0.3 is 6.09 Å².